The van der Waals surface area contributed by atoms with E-state index in [0.717, 1.165) is 22.6 Å². The zero-order valence-corrected chi connectivity index (χ0v) is 11.6. The van der Waals surface area contributed by atoms with Gasteiger partial charge >= 0.3 is 0 Å². The summed E-state index contributed by atoms with van der Waals surface area (Å²) in [6, 6.07) is 12.5. The number of nitrogens with one attached hydrogen (secondary N) is 1. The minimum absolute atomic E-state index is 0.0631. The van der Waals surface area contributed by atoms with Crippen molar-refractivity contribution in [2.75, 3.05) is 11.2 Å². The maximum atomic E-state index is 9.35. The van der Waals surface area contributed by atoms with E-state index in [0.29, 0.717) is 5.69 Å². The van der Waals surface area contributed by atoms with E-state index >= 15 is 0 Å². The maximum Gasteiger partial charge on any atom is 0.181 e. The highest BCUT2D eigenvalue weighted by molar-refractivity contribution is 5.82. The lowest BCUT2D eigenvalue weighted by Gasteiger charge is -2.02. The van der Waals surface area contributed by atoms with E-state index in [4.69, 9.17) is 10.2 Å². The molecule has 22 heavy (non-hydrogen) atoms. The fourth-order valence-corrected chi connectivity index (χ4v) is 1.90. The van der Waals surface area contributed by atoms with Crippen LogP contribution in [0.1, 0.15) is 5.56 Å². The second-order valence-corrected chi connectivity index (χ2v) is 4.63. The molecular formula is C16H14N4O2. The Bertz CT molecular complexity index is 780. The molecule has 0 radical (unpaired) electrons. The molecule has 110 valence electrons. The first kappa shape index (κ1) is 13.7. The Balaban J connectivity index is 1.66. The number of hydrazone groups is 1. The van der Waals surface area contributed by atoms with Crippen molar-refractivity contribution in [2.45, 2.75) is 0 Å². The summed E-state index contributed by atoms with van der Waals surface area (Å²) in [6.07, 6.45) is 4.69. The van der Waals surface area contributed by atoms with Crippen LogP contribution < -0.4 is 11.2 Å². The van der Waals surface area contributed by atoms with Crippen molar-refractivity contribution in [2.24, 2.45) is 5.10 Å². The fourth-order valence-electron chi connectivity index (χ4n) is 1.90. The van der Waals surface area contributed by atoms with Crippen LogP contribution in [-0.4, -0.2) is 16.3 Å². The van der Waals surface area contributed by atoms with E-state index in [9.17, 15) is 5.11 Å². The predicted molar refractivity (Wildman–Crippen MR) is 85.7 cm³/mol. The van der Waals surface area contributed by atoms with E-state index in [1.807, 2.05) is 24.3 Å². The van der Waals surface area contributed by atoms with E-state index in [-0.39, 0.29) is 5.75 Å². The standard InChI is InChI=1S/C16H14N4O2/c17-14-7-11(1-6-15(14)21)8-19-20-13-4-2-12(3-5-13)16-9-18-10-22-16/h1-10,20-21H,17H2/b19-8+. The average molecular weight is 294 g/mol. The molecule has 0 atom stereocenters. The summed E-state index contributed by atoms with van der Waals surface area (Å²) in [7, 11) is 0. The van der Waals surface area contributed by atoms with Gasteiger partial charge in [-0.3, -0.25) is 5.43 Å². The number of aromatic hydroxyl groups is 1. The van der Waals surface area contributed by atoms with Crippen molar-refractivity contribution < 1.29 is 9.52 Å². The Morgan fingerprint density at radius 1 is 1.18 bits per heavy atom. The highest BCUT2D eigenvalue weighted by atomic mass is 16.3. The molecule has 0 aliphatic heterocycles. The number of nitrogens with two attached hydrogens (primary N) is 1. The quantitative estimate of drug-likeness (QED) is 0.297. The molecule has 0 bridgehead atoms. The molecule has 0 fully saturated rings. The summed E-state index contributed by atoms with van der Waals surface area (Å²) < 4.78 is 5.23. The molecule has 2 aromatic carbocycles. The highest BCUT2D eigenvalue weighted by Crippen LogP contribution is 2.21. The largest absolute Gasteiger partial charge is 0.506 e. The first-order chi connectivity index (χ1) is 10.7. The highest BCUT2D eigenvalue weighted by Gasteiger charge is 2.00. The number of hydrogen-bond donors (Lipinski definition) is 3. The number of benzene rings is 2. The van der Waals surface area contributed by atoms with Gasteiger partial charge in [-0.1, -0.05) is 0 Å². The lowest BCUT2D eigenvalue weighted by molar-refractivity contribution is 0.478. The zero-order chi connectivity index (χ0) is 15.4. The summed E-state index contributed by atoms with van der Waals surface area (Å²) in [6.45, 7) is 0. The van der Waals surface area contributed by atoms with Gasteiger partial charge in [-0.15, -0.1) is 0 Å². The van der Waals surface area contributed by atoms with Gasteiger partial charge in [0, 0.05) is 5.56 Å². The number of nitrogens with zero attached hydrogens (tertiary/aromatic N) is 2. The molecule has 3 rings (SSSR count). The third kappa shape index (κ3) is 3.06. The van der Waals surface area contributed by atoms with Gasteiger partial charge < -0.3 is 15.3 Å². The summed E-state index contributed by atoms with van der Waals surface area (Å²) in [5, 5.41) is 13.5. The third-order valence-corrected chi connectivity index (χ3v) is 3.06. The monoisotopic (exact) mass is 294 g/mol. The second-order valence-electron chi connectivity index (χ2n) is 4.63. The molecule has 0 aliphatic carbocycles. The molecule has 3 aromatic rings. The Morgan fingerprint density at radius 2 is 2.00 bits per heavy atom. The van der Waals surface area contributed by atoms with Gasteiger partial charge in [-0.2, -0.15) is 5.10 Å². The topological polar surface area (TPSA) is 96.7 Å². The Hall–Kier alpha value is -3.28. The molecule has 0 unspecified atom stereocenters. The van der Waals surface area contributed by atoms with Gasteiger partial charge in [0.1, 0.15) is 5.75 Å². The van der Waals surface area contributed by atoms with Crippen molar-refractivity contribution in [1.29, 1.82) is 0 Å². The Kier molecular flexibility index (Phi) is 3.74. The molecule has 6 heteroatoms. The Labute approximate surface area is 126 Å². The lowest BCUT2D eigenvalue weighted by atomic mass is 10.2. The molecule has 1 heterocycles. The van der Waals surface area contributed by atoms with Gasteiger partial charge in [0.2, 0.25) is 0 Å². The predicted octanol–water partition coefficient (Wildman–Crippen LogP) is 3.08. The molecule has 0 amide bonds. The van der Waals surface area contributed by atoms with E-state index in [1.54, 1.807) is 24.5 Å². The van der Waals surface area contributed by atoms with Crippen molar-refractivity contribution in [3.8, 4) is 17.1 Å². The number of oxazole rings is 1. The number of aromatic nitrogens is 1. The van der Waals surface area contributed by atoms with Gasteiger partial charge in [-0.25, -0.2) is 4.98 Å². The molecule has 0 saturated heterocycles. The Morgan fingerprint density at radius 3 is 2.68 bits per heavy atom. The smallest absolute Gasteiger partial charge is 0.181 e. The maximum absolute atomic E-state index is 9.35. The molecule has 0 spiro atoms. The molecule has 0 saturated carbocycles. The van der Waals surface area contributed by atoms with Crippen molar-refractivity contribution in [3.63, 3.8) is 0 Å². The van der Waals surface area contributed by atoms with Crippen LogP contribution >= 0.6 is 0 Å². The second kappa shape index (κ2) is 6.01. The number of nitrogen functional groups attached to an aromatic ring is 1. The molecule has 4 N–H and O–H groups in total. The van der Waals surface area contributed by atoms with Gasteiger partial charge in [0.05, 0.1) is 23.8 Å². The van der Waals surface area contributed by atoms with Gasteiger partial charge in [0.25, 0.3) is 0 Å². The van der Waals surface area contributed by atoms with Crippen LogP contribution in [0.5, 0.6) is 5.75 Å². The van der Waals surface area contributed by atoms with Crippen LogP contribution in [0, 0.1) is 0 Å². The average Bonchev–Trinajstić information content (AvgIpc) is 3.06. The SMILES string of the molecule is Nc1cc(/C=N/Nc2ccc(-c3cnco3)cc2)ccc1O. The summed E-state index contributed by atoms with van der Waals surface area (Å²) in [5.41, 5.74) is 11.4. The number of phenols is 1. The molecule has 6 nitrogen and oxygen atoms in total. The fraction of sp³-hybridized carbons (Fsp3) is 0. The van der Waals surface area contributed by atoms with Crippen molar-refractivity contribution >= 4 is 17.6 Å². The van der Waals surface area contributed by atoms with Crippen molar-refractivity contribution in [3.05, 3.63) is 60.6 Å². The van der Waals surface area contributed by atoms with Crippen LogP contribution in [0.25, 0.3) is 11.3 Å². The van der Waals surface area contributed by atoms with Crippen LogP contribution in [0.4, 0.5) is 11.4 Å². The minimum atomic E-state index is 0.0631. The van der Waals surface area contributed by atoms with Gasteiger partial charge in [0.15, 0.2) is 12.2 Å². The first-order valence-corrected chi connectivity index (χ1v) is 6.59. The third-order valence-electron chi connectivity index (χ3n) is 3.06. The van der Waals surface area contributed by atoms with Crippen LogP contribution in [0.3, 0.4) is 0 Å². The minimum Gasteiger partial charge on any atom is -0.506 e. The van der Waals surface area contributed by atoms with Crippen molar-refractivity contribution in [1.82, 2.24) is 4.98 Å². The van der Waals surface area contributed by atoms with E-state index in [2.05, 4.69) is 15.5 Å². The summed E-state index contributed by atoms with van der Waals surface area (Å²) >= 11 is 0. The van der Waals surface area contributed by atoms with Crippen LogP contribution in [-0.2, 0) is 0 Å². The molecule has 0 aliphatic rings. The van der Waals surface area contributed by atoms with Gasteiger partial charge in [-0.05, 0) is 48.0 Å². The van der Waals surface area contributed by atoms with E-state index < -0.39 is 0 Å². The number of rotatable bonds is 4. The lowest BCUT2D eigenvalue weighted by Crippen LogP contribution is -1.92. The van der Waals surface area contributed by atoms with Crippen LogP contribution in [0.15, 0.2) is 64.6 Å². The summed E-state index contributed by atoms with van der Waals surface area (Å²) in [5.74, 6) is 0.780. The zero-order valence-electron chi connectivity index (χ0n) is 11.6. The molecular weight excluding hydrogens is 280 g/mol. The normalized spacial score (nSPS) is 10.9. The van der Waals surface area contributed by atoms with E-state index in [1.165, 1.54) is 12.5 Å². The number of phenolic OH excluding ortho intramolecular Hbond substituents is 1. The first-order valence-electron chi connectivity index (χ1n) is 6.59. The number of hydrogen-bond acceptors (Lipinski definition) is 6. The number of anilines is 2. The summed E-state index contributed by atoms with van der Waals surface area (Å²) in [4.78, 5) is 3.88. The molecule has 1 aromatic heterocycles. The van der Waals surface area contributed by atoms with Crippen LogP contribution in [0.2, 0.25) is 0 Å².